The van der Waals surface area contributed by atoms with E-state index in [1.165, 1.54) is 0 Å². The van der Waals surface area contributed by atoms with E-state index >= 15 is 0 Å². The van der Waals surface area contributed by atoms with E-state index < -0.39 is 5.60 Å². The number of hydrogen-bond donors (Lipinski definition) is 3. The molecule has 1 atom stereocenters. The second-order valence-electron chi connectivity index (χ2n) is 7.16. The van der Waals surface area contributed by atoms with Crippen LogP contribution in [0.25, 0.3) is 0 Å². The van der Waals surface area contributed by atoms with Gasteiger partial charge in [-0.25, -0.2) is 4.79 Å². The number of aliphatic hydroxyl groups is 1. The molecule has 2 rings (SSSR count). The predicted molar refractivity (Wildman–Crippen MR) is 114 cm³/mol. The fraction of sp³-hybridized carbons (Fsp3) is 0.435. The third-order valence-corrected chi connectivity index (χ3v) is 5.17. The van der Waals surface area contributed by atoms with Gasteiger partial charge in [0.05, 0.1) is 18.8 Å². The van der Waals surface area contributed by atoms with E-state index in [0.717, 1.165) is 11.1 Å². The summed E-state index contributed by atoms with van der Waals surface area (Å²) in [6.45, 7) is 6.36. The average molecular weight is 401 g/mol. The van der Waals surface area contributed by atoms with Gasteiger partial charge >= 0.3 is 6.03 Å². The van der Waals surface area contributed by atoms with Gasteiger partial charge < -0.3 is 25.2 Å². The van der Waals surface area contributed by atoms with E-state index in [9.17, 15) is 9.90 Å². The fourth-order valence-corrected chi connectivity index (χ4v) is 2.88. The number of urea groups is 1. The highest BCUT2D eigenvalue weighted by Crippen LogP contribution is 2.31. The molecule has 29 heavy (non-hydrogen) atoms. The van der Waals surface area contributed by atoms with E-state index in [2.05, 4.69) is 10.6 Å². The summed E-state index contributed by atoms with van der Waals surface area (Å²) in [5.74, 6) is 1.26. The number of amides is 2. The maximum atomic E-state index is 12.2. The minimum atomic E-state index is -0.873. The highest BCUT2D eigenvalue weighted by atomic mass is 16.5. The van der Waals surface area contributed by atoms with Gasteiger partial charge in [-0.15, -0.1) is 0 Å². The molecule has 2 aromatic carbocycles. The first-order valence-corrected chi connectivity index (χ1v) is 10.0. The Kier molecular flexibility index (Phi) is 8.34. The molecule has 6 heteroatoms. The molecule has 0 saturated carbocycles. The number of carbonyl (C=O) groups is 1. The molecule has 0 radical (unpaired) electrons. The lowest BCUT2D eigenvalue weighted by Gasteiger charge is -2.26. The Labute approximate surface area is 173 Å². The Balaban J connectivity index is 1.96. The van der Waals surface area contributed by atoms with Crippen LogP contribution >= 0.6 is 0 Å². The summed E-state index contributed by atoms with van der Waals surface area (Å²) in [5, 5.41) is 15.9. The van der Waals surface area contributed by atoms with Gasteiger partial charge in [-0.1, -0.05) is 50.2 Å². The van der Waals surface area contributed by atoms with Crippen LogP contribution in [-0.4, -0.2) is 30.4 Å². The maximum absolute atomic E-state index is 12.2. The van der Waals surface area contributed by atoms with Gasteiger partial charge in [0.15, 0.2) is 11.5 Å². The zero-order chi connectivity index (χ0) is 21.3. The monoisotopic (exact) mass is 400 g/mol. The predicted octanol–water partition coefficient (Wildman–Crippen LogP) is 4.19. The van der Waals surface area contributed by atoms with Crippen molar-refractivity contribution in [3.05, 3.63) is 59.7 Å². The van der Waals surface area contributed by atoms with Gasteiger partial charge in [0.2, 0.25) is 0 Å². The highest BCUT2D eigenvalue weighted by Gasteiger charge is 2.23. The van der Waals surface area contributed by atoms with Gasteiger partial charge in [-0.2, -0.15) is 0 Å². The topological polar surface area (TPSA) is 79.8 Å². The standard InChI is InChI=1S/C23H32N2O4/c1-5-23(27,6-2)16-24-22(26)25-17(3)19-12-13-20(21(14-19)28-4)29-15-18-10-8-7-9-11-18/h7-14,17,27H,5-6,15-16H2,1-4H3,(H2,24,25,26)/t17-/m1/s1. The van der Waals surface area contributed by atoms with E-state index in [4.69, 9.17) is 9.47 Å². The van der Waals surface area contributed by atoms with Crippen LogP contribution < -0.4 is 20.1 Å². The largest absolute Gasteiger partial charge is 0.493 e. The Bertz CT molecular complexity index is 776. The van der Waals surface area contributed by atoms with Crippen molar-refractivity contribution in [2.75, 3.05) is 13.7 Å². The molecule has 2 aromatic rings. The molecular formula is C23H32N2O4. The molecule has 0 aliphatic heterocycles. The first-order valence-electron chi connectivity index (χ1n) is 10.0. The summed E-state index contributed by atoms with van der Waals surface area (Å²) >= 11 is 0. The fourth-order valence-electron chi connectivity index (χ4n) is 2.88. The first kappa shape index (κ1) is 22.6. The van der Waals surface area contributed by atoms with Crippen LogP contribution in [0.3, 0.4) is 0 Å². The first-order chi connectivity index (χ1) is 13.9. The summed E-state index contributed by atoms with van der Waals surface area (Å²) in [7, 11) is 1.59. The molecule has 2 amide bonds. The average Bonchev–Trinajstić information content (AvgIpc) is 2.76. The Morgan fingerprint density at radius 3 is 2.41 bits per heavy atom. The van der Waals surface area contributed by atoms with Crippen LogP contribution in [0, 0.1) is 0 Å². The van der Waals surface area contributed by atoms with Gasteiger partial charge in [-0.3, -0.25) is 0 Å². The number of ether oxygens (including phenoxy) is 2. The van der Waals surface area contributed by atoms with E-state index in [0.29, 0.717) is 30.9 Å². The van der Waals surface area contributed by atoms with Crippen molar-refractivity contribution in [3.8, 4) is 11.5 Å². The van der Waals surface area contributed by atoms with Gasteiger partial charge in [-0.05, 0) is 43.0 Å². The summed E-state index contributed by atoms with van der Waals surface area (Å²) < 4.78 is 11.3. The Hall–Kier alpha value is -2.73. The van der Waals surface area contributed by atoms with Crippen molar-refractivity contribution >= 4 is 6.03 Å². The third kappa shape index (κ3) is 6.68. The molecule has 158 valence electrons. The van der Waals surface area contributed by atoms with Crippen molar-refractivity contribution in [2.45, 2.75) is 51.9 Å². The van der Waals surface area contributed by atoms with Crippen molar-refractivity contribution in [1.82, 2.24) is 10.6 Å². The Morgan fingerprint density at radius 2 is 1.79 bits per heavy atom. The van der Waals surface area contributed by atoms with E-state index in [-0.39, 0.29) is 18.6 Å². The number of methoxy groups -OCH3 is 1. The lowest BCUT2D eigenvalue weighted by molar-refractivity contribution is 0.0349. The van der Waals surface area contributed by atoms with Crippen LogP contribution in [-0.2, 0) is 6.61 Å². The molecule has 0 fully saturated rings. The second kappa shape index (κ2) is 10.7. The van der Waals surface area contributed by atoms with Gasteiger partial charge in [0.1, 0.15) is 6.61 Å². The number of benzene rings is 2. The van der Waals surface area contributed by atoms with Crippen LogP contribution in [0.1, 0.15) is 50.8 Å². The number of nitrogens with one attached hydrogen (secondary N) is 2. The van der Waals surface area contributed by atoms with Crippen LogP contribution in [0.15, 0.2) is 48.5 Å². The molecular weight excluding hydrogens is 368 g/mol. The smallest absolute Gasteiger partial charge is 0.315 e. The summed E-state index contributed by atoms with van der Waals surface area (Å²) in [6.07, 6.45) is 1.17. The van der Waals surface area contributed by atoms with E-state index in [1.807, 2.05) is 69.3 Å². The Morgan fingerprint density at radius 1 is 1.10 bits per heavy atom. The number of rotatable bonds is 10. The molecule has 0 spiro atoms. The third-order valence-electron chi connectivity index (χ3n) is 5.17. The lowest BCUT2D eigenvalue weighted by atomic mass is 9.98. The van der Waals surface area contributed by atoms with Gasteiger partial charge in [0.25, 0.3) is 0 Å². The maximum Gasteiger partial charge on any atom is 0.315 e. The molecule has 0 aliphatic rings. The molecule has 0 saturated heterocycles. The minimum absolute atomic E-state index is 0.216. The van der Waals surface area contributed by atoms with Crippen LogP contribution in [0.2, 0.25) is 0 Å². The summed E-state index contributed by atoms with van der Waals surface area (Å²) in [5.41, 5.74) is 1.09. The minimum Gasteiger partial charge on any atom is -0.493 e. The zero-order valence-corrected chi connectivity index (χ0v) is 17.7. The van der Waals surface area contributed by atoms with Crippen molar-refractivity contribution in [1.29, 1.82) is 0 Å². The molecule has 6 nitrogen and oxygen atoms in total. The van der Waals surface area contributed by atoms with Crippen LogP contribution in [0.4, 0.5) is 4.79 Å². The van der Waals surface area contributed by atoms with Crippen LogP contribution in [0.5, 0.6) is 11.5 Å². The summed E-state index contributed by atoms with van der Waals surface area (Å²) in [6, 6.07) is 15.0. The number of hydrogen-bond acceptors (Lipinski definition) is 4. The molecule has 3 N–H and O–H groups in total. The molecule has 0 heterocycles. The van der Waals surface area contributed by atoms with Crippen molar-refractivity contribution in [2.24, 2.45) is 0 Å². The SMILES string of the molecule is CCC(O)(CC)CNC(=O)N[C@H](C)c1ccc(OCc2ccccc2)c(OC)c1. The molecule has 0 aromatic heterocycles. The summed E-state index contributed by atoms with van der Waals surface area (Å²) in [4.78, 5) is 12.2. The quantitative estimate of drug-likeness (QED) is 0.559. The van der Waals surface area contributed by atoms with Crippen molar-refractivity contribution in [3.63, 3.8) is 0 Å². The zero-order valence-electron chi connectivity index (χ0n) is 17.7. The number of carbonyl (C=O) groups excluding carboxylic acids is 1. The second-order valence-corrected chi connectivity index (χ2v) is 7.16. The lowest BCUT2D eigenvalue weighted by Crippen LogP contribution is -2.46. The highest BCUT2D eigenvalue weighted by molar-refractivity contribution is 5.74. The van der Waals surface area contributed by atoms with E-state index in [1.54, 1.807) is 7.11 Å². The van der Waals surface area contributed by atoms with Crippen molar-refractivity contribution < 1.29 is 19.4 Å². The molecule has 0 bridgehead atoms. The molecule has 0 aliphatic carbocycles. The van der Waals surface area contributed by atoms with Gasteiger partial charge in [0, 0.05) is 6.54 Å². The normalized spacial score (nSPS) is 12.2. The molecule has 0 unspecified atom stereocenters.